The third-order valence-corrected chi connectivity index (χ3v) is 3.74. The molecule has 0 aromatic heterocycles. The second-order valence-corrected chi connectivity index (χ2v) is 5.76. The standard InChI is InChI=1S/C13H12N2O5S.Na/c16-15(17)12-8-4-7-11(9-12)14-13(21(18,19)20)10-5-2-1-3-6-10;/h1-9,13-14H,(H,18,19,20);/q;+1. The number of rotatable bonds is 5. The molecule has 2 aromatic rings. The summed E-state index contributed by atoms with van der Waals surface area (Å²) in [5.74, 6) is 0. The Morgan fingerprint density at radius 2 is 1.73 bits per heavy atom. The molecular weight excluding hydrogens is 319 g/mol. The Bertz CT molecular complexity index is 752. The van der Waals surface area contributed by atoms with Crippen LogP contribution in [0.2, 0.25) is 0 Å². The van der Waals surface area contributed by atoms with Crippen molar-refractivity contribution >= 4 is 21.5 Å². The van der Waals surface area contributed by atoms with Gasteiger partial charge in [0.25, 0.3) is 15.8 Å². The summed E-state index contributed by atoms with van der Waals surface area (Å²) in [5.41, 5.74) is 0.365. The first-order chi connectivity index (χ1) is 9.88. The van der Waals surface area contributed by atoms with E-state index in [9.17, 15) is 23.1 Å². The minimum Gasteiger partial charge on any atom is -0.363 e. The fourth-order valence-electron chi connectivity index (χ4n) is 1.82. The van der Waals surface area contributed by atoms with Crippen LogP contribution in [0.15, 0.2) is 54.6 Å². The number of nitro groups is 1. The van der Waals surface area contributed by atoms with Crippen molar-refractivity contribution < 1.29 is 47.5 Å². The van der Waals surface area contributed by atoms with Crippen molar-refractivity contribution in [2.45, 2.75) is 5.37 Å². The van der Waals surface area contributed by atoms with Gasteiger partial charge < -0.3 is 5.32 Å². The molecule has 0 heterocycles. The third-order valence-electron chi connectivity index (χ3n) is 2.75. The maximum absolute atomic E-state index is 11.5. The molecule has 0 amide bonds. The van der Waals surface area contributed by atoms with Crippen molar-refractivity contribution in [3.8, 4) is 0 Å². The Balaban J connectivity index is 0.00000242. The molecule has 22 heavy (non-hydrogen) atoms. The van der Waals surface area contributed by atoms with E-state index in [1.165, 1.54) is 36.4 Å². The summed E-state index contributed by atoms with van der Waals surface area (Å²) in [4.78, 5) is 10.1. The number of hydrogen-bond donors (Lipinski definition) is 2. The third kappa shape index (κ3) is 4.79. The number of benzene rings is 2. The normalized spacial score (nSPS) is 12.0. The second kappa shape index (κ2) is 7.70. The molecule has 7 nitrogen and oxygen atoms in total. The summed E-state index contributed by atoms with van der Waals surface area (Å²) in [7, 11) is -4.43. The van der Waals surface area contributed by atoms with E-state index < -0.39 is 20.4 Å². The fourth-order valence-corrected chi connectivity index (χ4v) is 2.60. The Hall–Kier alpha value is -1.45. The van der Waals surface area contributed by atoms with Gasteiger partial charge in [0.1, 0.15) is 0 Å². The van der Waals surface area contributed by atoms with Crippen molar-refractivity contribution in [2.24, 2.45) is 0 Å². The van der Waals surface area contributed by atoms with Gasteiger partial charge in [-0.2, -0.15) is 8.42 Å². The monoisotopic (exact) mass is 331 g/mol. The van der Waals surface area contributed by atoms with E-state index in [4.69, 9.17) is 0 Å². The topological polar surface area (TPSA) is 110 Å². The van der Waals surface area contributed by atoms with Crippen LogP contribution in [0.5, 0.6) is 0 Å². The number of nitrogens with zero attached hydrogens (tertiary/aromatic N) is 1. The van der Waals surface area contributed by atoms with Gasteiger partial charge in [-0.1, -0.05) is 36.4 Å². The molecule has 1 atom stereocenters. The van der Waals surface area contributed by atoms with E-state index in [1.807, 2.05) is 0 Å². The zero-order valence-electron chi connectivity index (χ0n) is 11.7. The van der Waals surface area contributed by atoms with Gasteiger partial charge in [0.05, 0.1) is 4.92 Å². The predicted octanol–water partition coefficient (Wildman–Crippen LogP) is -0.403. The van der Waals surface area contributed by atoms with Crippen molar-refractivity contribution in [2.75, 3.05) is 5.32 Å². The number of nitro benzene ring substituents is 1. The Morgan fingerprint density at radius 1 is 1.09 bits per heavy atom. The van der Waals surface area contributed by atoms with E-state index in [1.54, 1.807) is 18.2 Å². The number of hydrogen-bond acceptors (Lipinski definition) is 5. The van der Waals surface area contributed by atoms with E-state index in [-0.39, 0.29) is 40.9 Å². The molecule has 0 saturated heterocycles. The van der Waals surface area contributed by atoms with Gasteiger partial charge in [-0.25, -0.2) is 0 Å². The largest absolute Gasteiger partial charge is 1.00 e. The summed E-state index contributed by atoms with van der Waals surface area (Å²) < 4.78 is 32.4. The van der Waals surface area contributed by atoms with Crippen molar-refractivity contribution in [1.29, 1.82) is 0 Å². The van der Waals surface area contributed by atoms with Gasteiger partial charge in [0.15, 0.2) is 5.37 Å². The van der Waals surface area contributed by atoms with E-state index >= 15 is 0 Å². The zero-order chi connectivity index (χ0) is 15.5. The maximum atomic E-state index is 11.5. The van der Waals surface area contributed by atoms with Crippen molar-refractivity contribution in [3.05, 3.63) is 70.3 Å². The van der Waals surface area contributed by atoms with Crippen molar-refractivity contribution in [1.82, 2.24) is 0 Å². The summed E-state index contributed by atoms with van der Waals surface area (Å²) in [6, 6.07) is 13.4. The number of anilines is 1. The first kappa shape index (κ1) is 18.6. The van der Waals surface area contributed by atoms with Gasteiger partial charge in [-0.15, -0.1) is 0 Å². The average Bonchev–Trinajstić information content (AvgIpc) is 2.45. The molecule has 0 radical (unpaired) electrons. The molecule has 2 rings (SSSR count). The molecular formula is C13H12N2NaO5S+. The maximum Gasteiger partial charge on any atom is 1.00 e. The minimum absolute atomic E-state index is 0. The zero-order valence-corrected chi connectivity index (χ0v) is 14.5. The van der Waals surface area contributed by atoms with Gasteiger partial charge in [0, 0.05) is 17.8 Å². The van der Waals surface area contributed by atoms with Crippen LogP contribution in [0.4, 0.5) is 11.4 Å². The van der Waals surface area contributed by atoms with Crippen LogP contribution in [0.1, 0.15) is 10.9 Å². The molecule has 1 unspecified atom stereocenters. The molecule has 0 fully saturated rings. The molecule has 9 heteroatoms. The van der Waals surface area contributed by atoms with Gasteiger partial charge >= 0.3 is 29.6 Å². The summed E-state index contributed by atoms with van der Waals surface area (Å²) in [6.45, 7) is 0. The fraction of sp³-hybridized carbons (Fsp3) is 0.0769. The van der Waals surface area contributed by atoms with E-state index in [0.717, 1.165) is 0 Å². The predicted molar refractivity (Wildman–Crippen MR) is 77.5 cm³/mol. The van der Waals surface area contributed by atoms with Crippen LogP contribution < -0.4 is 34.9 Å². The van der Waals surface area contributed by atoms with E-state index in [2.05, 4.69) is 5.32 Å². The van der Waals surface area contributed by atoms with Gasteiger partial charge in [-0.05, 0) is 11.6 Å². The summed E-state index contributed by atoms with van der Waals surface area (Å²) in [6.07, 6.45) is 0. The second-order valence-electron chi connectivity index (χ2n) is 4.26. The molecule has 0 aliphatic carbocycles. The summed E-state index contributed by atoms with van der Waals surface area (Å²) in [5, 5.41) is 11.9. The molecule has 110 valence electrons. The minimum atomic E-state index is -4.43. The van der Waals surface area contributed by atoms with Crippen LogP contribution in [-0.2, 0) is 10.1 Å². The molecule has 0 aliphatic heterocycles. The molecule has 2 aromatic carbocycles. The molecule has 0 bridgehead atoms. The smallest absolute Gasteiger partial charge is 0.363 e. The van der Waals surface area contributed by atoms with Crippen LogP contribution >= 0.6 is 0 Å². The Kier molecular flexibility index (Phi) is 6.51. The number of nitrogens with one attached hydrogen (secondary N) is 1. The van der Waals surface area contributed by atoms with Crippen LogP contribution in [0, 0.1) is 10.1 Å². The van der Waals surface area contributed by atoms with Crippen LogP contribution in [0.3, 0.4) is 0 Å². The van der Waals surface area contributed by atoms with Crippen LogP contribution in [-0.4, -0.2) is 17.9 Å². The van der Waals surface area contributed by atoms with Crippen molar-refractivity contribution in [3.63, 3.8) is 0 Å². The number of non-ortho nitro benzene ring substituents is 1. The summed E-state index contributed by atoms with van der Waals surface area (Å²) >= 11 is 0. The van der Waals surface area contributed by atoms with E-state index in [0.29, 0.717) is 5.56 Å². The Labute approximate surface area is 149 Å². The quantitative estimate of drug-likeness (QED) is 0.334. The van der Waals surface area contributed by atoms with Crippen LogP contribution in [0.25, 0.3) is 0 Å². The first-order valence-corrected chi connectivity index (χ1v) is 7.40. The molecule has 0 spiro atoms. The molecule has 0 aliphatic rings. The first-order valence-electron chi connectivity index (χ1n) is 5.90. The molecule has 0 saturated carbocycles. The Morgan fingerprint density at radius 3 is 2.27 bits per heavy atom. The SMILES string of the molecule is O=[N+]([O-])c1cccc(NC(c2ccccc2)S(=O)(=O)O)c1.[Na+]. The van der Waals surface area contributed by atoms with Gasteiger partial charge in [0.2, 0.25) is 0 Å². The van der Waals surface area contributed by atoms with Gasteiger partial charge in [-0.3, -0.25) is 14.7 Å². The molecule has 2 N–H and O–H groups in total. The average molecular weight is 331 g/mol.